The lowest BCUT2D eigenvalue weighted by atomic mass is 9.75. The van der Waals surface area contributed by atoms with E-state index in [0.717, 1.165) is 19.3 Å². The van der Waals surface area contributed by atoms with E-state index in [2.05, 4.69) is 15.9 Å². The van der Waals surface area contributed by atoms with Crippen molar-refractivity contribution in [3.8, 4) is 0 Å². The maximum absolute atomic E-state index is 12.5. The van der Waals surface area contributed by atoms with Gasteiger partial charge in [-0.3, -0.25) is 9.59 Å². The predicted octanol–water partition coefficient (Wildman–Crippen LogP) is 2.55. The summed E-state index contributed by atoms with van der Waals surface area (Å²) in [5, 5.41) is 0. The van der Waals surface area contributed by atoms with Crippen molar-refractivity contribution >= 4 is 27.7 Å². The lowest BCUT2D eigenvalue weighted by Gasteiger charge is -2.40. The van der Waals surface area contributed by atoms with E-state index in [-0.39, 0.29) is 11.8 Å². The Morgan fingerprint density at radius 3 is 2.76 bits per heavy atom. The van der Waals surface area contributed by atoms with Gasteiger partial charge in [0.1, 0.15) is 0 Å². The number of nitrogens with two attached hydrogens (primary N) is 1. The third-order valence-corrected chi connectivity index (χ3v) is 4.97. The van der Waals surface area contributed by atoms with Crippen LogP contribution in [0.25, 0.3) is 0 Å². The van der Waals surface area contributed by atoms with Gasteiger partial charge in [0.25, 0.3) is 5.91 Å². The second kappa shape index (κ2) is 5.48. The first-order chi connectivity index (χ1) is 10.00. The number of furan rings is 1. The molecule has 1 aromatic heterocycles. The molecule has 1 saturated carbocycles. The van der Waals surface area contributed by atoms with Gasteiger partial charge in [-0.1, -0.05) is 12.8 Å². The lowest BCUT2D eigenvalue weighted by molar-refractivity contribution is -0.131. The van der Waals surface area contributed by atoms with E-state index in [0.29, 0.717) is 29.4 Å². The normalized spacial score (nSPS) is 25.9. The Labute approximate surface area is 132 Å². The predicted molar refractivity (Wildman–Crippen MR) is 80.5 cm³/mol. The molecule has 3 rings (SSSR count). The van der Waals surface area contributed by atoms with Gasteiger partial charge in [0.2, 0.25) is 5.91 Å². The number of nitrogens with zero attached hydrogens (tertiary/aromatic N) is 1. The maximum atomic E-state index is 12.5. The molecule has 1 saturated heterocycles. The van der Waals surface area contributed by atoms with Crippen molar-refractivity contribution < 1.29 is 14.0 Å². The monoisotopic (exact) mass is 354 g/mol. The average Bonchev–Trinajstić information content (AvgIpc) is 3.16. The van der Waals surface area contributed by atoms with Crippen LogP contribution in [0.2, 0.25) is 0 Å². The van der Waals surface area contributed by atoms with Gasteiger partial charge >= 0.3 is 0 Å². The zero-order valence-electron chi connectivity index (χ0n) is 11.8. The summed E-state index contributed by atoms with van der Waals surface area (Å²) in [6.45, 7) is 1.06. The third kappa shape index (κ3) is 3.00. The van der Waals surface area contributed by atoms with Crippen molar-refractivity contribution in [2.24, 2.45) is 17.1 Å². The first kappa shape index (κ1) is 14.6. The Kier molecular flexibility index (Phi) is 3.82. The summed E-state index contributed by atoms with van der Waals surface area (Å²) in [5.41, 5.74) is 5.12. The van der Waals surface area contributed by atoms with Gasteiger partial charge in [0, 0.05) is 13.1 Å². The molecule has 2 N–H and O–H groups in total. The van der Waals surface area contributed by atoms with Gasteiger partial charge in [-0.05, 0) is 53.2 Å². The Morgan fingerprint density at radius 1 is 1.43 bits per heavy atom. The second-order valence-electron chi connectivity index (χ2n) is 6.23. The number of carbonyl (C=O) groups is 2. The van der Waals surface area contributed by atoms with Crippen LogP contribution in [0.1, 0.15) is 42.7 Å². The Balaban J connectivity index is 1.77. The highest BCUT2D eigenvalue weighted by molar-refractivity contribution is 9.10. The number of carbonyl (C=O) groups excluding carboxylic acids is 2. The second-order valence-corrected chi connectivity index (χ2v) is 7.01. The van der Waals surface area contributed by atoms with E-state index in [1.807, 2.05) is 0 Å². The molecule has 0 spiro atoms. The zero-order chi connectivity index (χ0) is 15.0. The number of amides is 2. The largest absolute Gasteiger partial charge is 0.444 e. The molecule has 5 nitrogen and oxygen atoms in total. The number of primary amides is 1. The standard InChI is InChI=1S/C15H19BrN2O3/c16-12-5-4-11(21-12)13(19)18-7-1-6-15(9-18,14(17)20)8-10-2-3-10/h4-5,10H,1-3,6-9H2,(H2,17,20). The van der Waals surface area contributed by atoms with Crippen LogP contribution in [0.3, 0.4) is 0 Å². The number of piperidine rings is 1. The summed E-state index contributed by atoms with van der Waals surface area (Å²) in [7, 11) is 0. The molecule has 114 valence electrons. The number of rotatable bonds is 4. The first-order valence-electron chi connectivity index (χ1n) is 7.35. The van der Waals surface area contributed by atoms with Gasteiger partial charge in [-0.2, -0.15) is 0 Å². The summed E-state index contributed by atoms with van der Waals surface area (Å²) >= 11 is 3.20. The minimum absolute atomic E-state index is 0.165. The summed E-state index contributed by atoms with van der Waals surface area (Å²) in [6, 6.07) is 3.34. The molecule has 2 fully saturated rings. The van der Waals surface area contributed by atoms with E-state index in [1.54, 1.807) is 17.0 Å². The smallest absolute Gasteiger partial charge is 0.289 e. The van der Waals surface area contributed by atoms with Crippen LogP contribution in [-0.4, -0.2) is 29.8 Å². The summed E-state index contributed by atoms with van der Waals surface area (Å²) in [5.74, 6) is 0.466. The quantitative estimate of drug-likeness (QED) is 0.902. The molecule has 1 aliphatic heterocycles. The van der Waals surface area contributed by atoms with Crippen LogP contribution >= 0.6 is 15.9 Å². The van der Waals surface area contributed by atoms with E-state index < -0.39 is 5.41 Å². The molecule has 0 radical (unpaired) electrons. The molecule has 1 aromatic rings. The van der Waals surface area contributed by atoms with Crippen molar-refractivity contribution in [1.29, 1.82) is 0 Å². The first-order valence-corrected chi connectivity index (χ1v) is 8.14. The Morgan fingerprint density at radius 2 is 2.19 bits per heavy atom. The highest BCUT2D eigenvalue weighted by Crippen LogP contribution is 2.44. The molecule has 1 atom stereocenters. The van der Waals surface area contributed by atoms with E-state index in [9.17, 15) is 9.59 Å². The molecular weight excluding hydrogens is 336 g/mol. The SMILES string of the molecule is NC(=O)C1(CC2CC2)CCCN(C(=O)c2ccc(Br)o2)C1. The van der Waals surface area contributed by atoms with Crippen molar-refractivity contribution in [1.82, 2.24) is 4.90 Å². The van der Waals surface area contributed by atoms with Crippen LogP contribution in [0.15, 0.2) is 21.2 Å². The molecule has 6 heteroatoms. The van der Waals surface area contributed by atoms with Crippen LogP contribution in [0.4, 0.5) is 0 Å². The summed E-state index contributed by atoms with van der Waals surface area (Å²) in [4.78, 5) is 26.2. The van der Waals surface area contributed by atoms with Crippen molar-refractivity contribution in [3.05, 3.63) is 22.6 Å². The number of likely N-dealkylation sites (tertiary alicyclic amines) is 1. The topological polar surface area (TPSA) is 76.5 Å². The van der Waals surface area contributed by atoms with Crippen molar-refractivity contribution in [3.63, 3.8) is 0 Å². The fourth-order valence-electron chi connectivity index (χ4n) is 3.23. The van der Waals surface area contributed by atoms with Crippen LogP contribution in [-0.2, 0) is 4.79 Å². The number of halogens is 1. The van der Waals surface area contributed by atoms with Gasteiger partial charge < -0.3 is 15.1 Å². The number of hydrogen-bond acceptors (Lipinski definition) is 3. The molecule has 21 heavy (non-hydrogen) atoms. The fourth-order valence-corrected chi connectivity index (χ4v) is 3.54. The molecule has 0 aromatic carbocycles. The summed E-state index contributed by atoms with van der Waals surface area (Å²) in [6.07, 6.45) is 4.75. The lowest BCUT2D eigenvalue weighted by Crippen LogP contribution is -2.52. The average molecular weight is 355 g/mol. The molecule has 0 bridgehead atoms. The van der Waals surface area contributed by atoms with E-state index in [1.165, 1.54) is 12.8 Å². The van der Waals surface area contributed by atoms with Crippen LogP contribution in [0, 0.1) is 11.3 Å². The highest BCUT2D eigenvalue weighted by Gasteiger charge is 2.45. The minimum atomic E-state index is -0.557. The van der Waals surface area contributed by atoms with Crippen LogP contribution < -0.4 is 5.73 Å². The van der Waals surface area contributed by atoms with E-state index >= 15 is 0 Å². The van der Waals surface area contributed by atoms with Crippen LogP contribution in [0.5, 0.6) is 0 Å². The Bertz CT molecular complexity index is 567. The molecule has 1 unspecified atom stereocenters. The summed E-state index contributed by atoms with van der Waals surface area (Å²) < 4.78 is 5.86. The molecule has 2 heterocycles. The molecular formula is C15H19BrN2O3. The zero-order valence-corrected chi connectivity index (χ0v) is 13.4. The number of hydrogen-bond donors (Lipinski definition) is 1. The van der Waals surface area contributed by atoms with Gasteiger partial charge in [-0.25, -0.2) is 0 Å². The fraction of sp³-hybridized carbons (Fsp3) is 0.600. The van der Waals surface area contributed by atoms with Gasteiger partial charge in [0.15, 0.2) is 10.4 Å². The highest BCUT2D eigenvalue weighted by atomic mass is 79.9. The van der Waals surface area contributed by atoms with Crippen molar-refractivity contribution in [2.45, 2.75) is 32.1 Å². The Hall–Kier alpha value is -1.30. The van der Waals surface area contributed by atoms with Gasteiger partial charge in [0.05, 0.1) is 5.41 Å². The maximum Gasteiger partial charge on any atom is 0.289 e. The molecule has 2 amide bonds. The molecule has 2 aliphatic rings. The molecule has 1 aliphatic carbocycles. The van der Waals surface area contributed by atoms with E-state index in [4.69, 9.17) is 10.2 Å². The van der Waals surface area contributed by atoms with Gasteiger partial charge in [-0.15, -0.1) is 0 Å². The van der Waals surface area contributed by atoms with Crippen molar-refractivity contribution in [2.75, 3.05) is 13.1 Å². The third-order valence-electron chi connectivity index (χ3n) is 4.55. The minimum Gasteiger partial charge on any atom is -0.444 e.